The van der Waals surface area contributed by atoms with Crippen LogP contribution in [0.15, 0.2) is 35.5 Å². The number of rotatable bonds is 16. The number of pyridine rings is 1. The first-order valence-corrected chi connectivity index (χ1v) is 22.0. The third kappa shape index (κ3) is 9.16. The number of amides is 1. The quantitative estimate of drug-likeness (QED) is 0.183. The van der Waals surface area contributed by atoms with Gasteiger partial charge in [-0.25, -0.2) is 9.98 Å². The molecule has 5 fully saturated rings. The monoisotopic (exact) mass is 848 g/mol. The van der Waals surface area contributed by atoms with Gasteiger partial charge in [-0.1, -0.05) is 51.8 Å². The normalized spacial score (nSPS) is 28.9. The fraction of sp³-hybridized carbons (Fsp3) is 0.644. The molecule has 4 heterocycles. The highest BCUT2D eigenvalue weighted by atomic mass is 35.5. The second-order valence-electron chi connectivity index (χ2n) is 18.6. The SMILES string of the molecule is CC[C@@H]1C[C@]1(CC(=O)[C@@H]1C[C@@H](Oc2cc(OC3=NC=CC3)nc3c(Cl)c(OCCN4CCOCC4)ccc23)CN1C(=O)[C@@H](CC(=O)OC1C[C@@H]2C[C@@H]2C1)C(C)(C)C)C(=O)O. The van der Waals surface area contributed by atoms with E-state index in [0.29, 0.717) is 85.8 Å². The van der Waals surface area contributed by atoms with Crippen LogP contribution in [0.1, 0.15) is 85.5 Å². The van der Waals surface area contributed by atoms with Crippen molar-refractivity contribution in [2.24, 2.45) is 39.5 Å². The summed E-state index contributed by atoms with van der Waals surface area (Å²) in [6.45, 7) is 11.8. The summed E-state index contributed by atoms with van der Waals surface area (Å²) < 4.78 is 30.3. The summed E-state index contributed by atoms with van der Waals surface area (Å²) in [7, 11) is 0. The van der Waals surface area contributed by atoms with Gasteiger partial charge in [-0.05, 0) is 61.0 Å². The maximum Gasteiger partial charge on any atom is 0.310 e. The van der Waals surface area contributed by atoms with Gasteiger partial charge in [-0.3, -0.25) is 24.1 Å². The van der Waals surface area contributed by atoms with Gasteiger partial charge in [0.25, 0.3) is 0 Å². The van der Waals surface area contributed by atoms with Gasteiger partial charge in [0, 0.05) is 56.5 Å². The fourth-order valence-electron chi connectivity index (χ4n) is 9.72. The zero-order valence-corrected chi connectivity index (χ0v) is 35.8. The highest BCUT2D eigenvalue weighted by Gasteiger charge is 2.61. The smallest absolute Gasteiger partial charge is 0.310 e. The Labute approximate surface area is 355 Å². The Bertz CT molecular complexity index is 2050. The lowest BCUT2D eigenvalue weighted by Crippen LogP contribution is -2.48. The second-order valence-corrected chi connectivity index (χ2v) is 19.0. The van der Waals surface area contributed by atoms with Crippen molar-refractivity contribution in [2.45, 2.75) is 104 Å². The van der Waals surface area contributed by atoms with Crippen LogP contribution in [0.5, 0.6) is 17.4 Å². The lowest BCUT2D eigenvalue weighted by Gasteiger charge is -2.35. The van der Waals surface area contributed by atoms with E-state index in [-0.39, 0.29) is 60.4 Å². The number of nitrogens with zero attached hydrogens (tertiary/aromatic N) is 4. The Kier molecular flexibility index (Phi) is 12.2. The Morgan fingerprint density at radius 1 is 1.05 bits per heavy atom. The van der Waals surface area contributed by atoms with E-state index in [4.69, 9.17) is 40.3 Å². The number of benzene rings is 1. The number of hydrogen-bond donors (Lipinski definition) is 1. The van der Waals surface area contributed by atoms with Gasteiger partial charge < -0.3 is 33.7 Å². The summed E-state index contributed by atoms with van der Waals surface area (Å²) >= 11 is 7.01. The lowest BCUT2D eigenvalue weighted by atomic mass is 9.77. The zero-order chi connectivity index (χ0) is 42.3. The molecular formula is C45H57ClN4O10. The molecule has 0 spiro atoms. The number of Topliss-reactive ketones (excluding diaryl/α,β-unsaturated/α-hetero) is 1. The number of halogens is 1. The molecule has 15 heteroatoms. The zero-order valence-electron chi connectivity index (χ0n) is 35.0. The molecule has 3 aliphatic heterocycles. The molecule has 1 aromatic carbocycles. The van der Waals surface area contributed by atoms with Crippen LogP contribution >= 0.6 is 11.6 Å². The topological polar surface area (TPSA) is 166 Å². The first kappa shape index (κ1) is 42.4. The molecule has 8 atom stereocenters. The molecular weight excluding hydrogens is 792 g/mol. The molecule has 3 aliphatic carbocycles. The molecule has 14 nitrogen and oxygen atoms in total. The van der Waals surface area contributed by atoms with Crippen molar-refractivity contribution < 1.29 is 48.0 Å². The Morgan fingerprint density at radius 3 is 2.48 bits per heavy atom. The number of morpholine rings is 1. The predicted octanol–water partition coefficient (Wildman–Crippen LogP) is 6.50. The molecule has 1 aromatic heterocycles. The summed E-state index contributed by atoms with van der Waals surface area (Å²) in [6.07, 6.45) is 6.98. The van der Waals surface area contributed by atoms with Gasteiger partial charge >= 0.3 is 11.9 Å². The fourth-order valence-corrected chi connectivity index (χ4v) is 9.98. The van der Waals surface area contributed by atoms with E-state index >= 15 is 0 Å². The summed E-state index contributed by atoms with van der Waals surface area (Å²) in [6, 6.07) is 4.28. The predicted molar refractivity (Wildman–Crippen MR) is 222 cm³/mol. The van der Waals surface area contributed by atoms with Crippen molar-refractivity contribution in [1.29, 1.82) is 0 Å². The van der Waals surface area contributed by atoms with Crippen molar-refractivity contribution in [3.8, 4) is 17.4 Å². The highest BCUT2D eigenvalue weighted by Crippen LogP contribution is 2.58. The molecule has 8 rings (SSSR count). The van der Waals surface area contributed by atoms with E-state index in [2.05, 4.69) is 9.89 Å². The summed E-state index contributed by atoms with van der Waals surface area (Å²) in [5.74, 6) is -0.288. The maximum absolute atomic E-state index is 14.8. The van der Waals surface area contributed by atoms with Gasteiger partial charge in [0.15, 0.2) is 5.78 Å². The average molecular weight is 849 g/mol. The largest absolute Gasteiger partial charge is 0.491 e. The van der Waals surface area contributed by atoms with Crippen LogP contribution in [-0.2, 0) is 28.7 Å². The van der Waals surface area contributed by atoms with E-state index < -0.39 is 40.8 Å². The van der Waals surface area contributed by atoms with Crippen molar-refractivity contribution in [2.75, 3.05) is 46.0 Å². The van der Waals surface area contributed by atoms with Gasteiger partial charge in [-0.15, -0.1) is 0 Å². The third-order valence-electron chi connectivity index (χ3n) is 13.5. The second kappa shape index (κ2) is 17.2. The number of aliphatic imine (C=N–C) groups is 1. The van der Waals surface area contributed by atoms with Crippen LogP contribution in [0.4, 0.5) is 0 Å². The van der Waals surface area contributed by atoms with Crippen LogP contribution in [0, 0.1) is 34.5 Å². The Hall–Kier alpha value is -4.27. The molecule has 60 heavy (non-hydrogen) atoms. The number of carbonyl (C=O) groups excluding carboxylic acids is 3. The van der Waals surface area contributed by atoms with Crippen molar-refractivity contribution in [3.63, 3.8) is 0 Å². The Morgan fingerprint density at radius 2 is 1.82 bits per heavy atom. The Balaban J connectivity index is 1.06. The van der Waals surface area contributed by atoms with Crippen molar-refractivity contribution in [1.82, 2.24) is 14.8 Å². The van der Waals surface area contributed by atoms with Crippen molar-refractivity contribution in [3.05, 3.63) is 35.5 Å². The van der Waals surface area contributed by atoms with E-state index in [9.17, 15) is 24.3 Å². The minimum Gasteiger partial charge on any atom is -0.491 e. The molecule has 1 unspecified atom stereocenters. The van der Waals surface area contributed by atoms with E-state index in [1.807, 2.05) is 39.8 Å². The number of aromatic nitrogens is 1. The van der Waals surface area contributed by atoms with Crippen LogP contribution in [0.3, 0.4) is 0 Å². The summed E-state index contributed by atoms with van der Waals surface area (Å²) in [5.41, 5.74) is -1.43. The van der Waals surface area contributed by atoms with Gasteiger partial charge in [0.05, 0.1) is 43.6 Å². The minimum atomic E-state index is -1.15. The number of carboxylic acid groups (broad SMARTS) is 1. The molecule has 3 saturated carbocycles. The number of ether oxygens (including phenoxy) is 5. The molecule has 6 aliphatic rings. The third-order valence-corrected chi connectivity index (χ3v) is 13.9. The molecule has 2 aromatic rings. The van der Waals surface area contributed by atoms with Crippen LogP contribution < -0.4 is 14.2 Å². The number of likely N-dealkylation sites (tertiary alicyclic amines) is 1. The molecule has 0 bridgehead atoms. The molecule has 1 N–H and O–H groups in total. The highest BCUT2D eigenvalue weighted by molar-refractivity contribution is 6.36. The number of carboxylic acids is 1. The van der Waals surface area contributed by atoms with E-state index in [1.165, 1.54) is 11.3 Å². The standard InChI is InChI=1S/C45H57ClN4O10/c1-5-28-23-45(28,43(54)55)24-34(51)33-20-30(25-50(33)42(53)32(44(2,3)4)21-39(52)59-29-18-26-17-27(26)19-29)58-36-22-38(60-37-7-6-10-47-37)48-41-31(36)8-9-35(40(41)46)57-16-13-49-11-14-56-15-12-49/h6,8-10,22,26-30,32-33H,5,7,11-21,23-25H2,1-4H3,(H,54,55)/t26-,27+,28-,29?,30-,32-,33+,45-/m1/s1. The lowest BCUT2D eigenvalue weighted by molar-refractivity contribution is -0.157. The number of carbonyl (C=O) groups is 4. The molecule has 324 valence electrons. The van der Waals surface area contributed by atoms with Gasteiger partial charge in [-0.2, -0.15) is 0 Å². The van der Waals surface area contributed by atoms with Gasteiger partial charge in [0.2, 0.25) is 17.7 Å². The van der Waals surface area contributed by atoms with Crippen molar-refractivity contribution >= 4 is 52.0 Å². The number of hydrogen-bond acceptors (Lipinski definition) is 12. The van der Waals surface area contributed by atoms with Crippen LogP contribution in [0.25, 0.3) is 10.9 Å². The first-order valence-electron chi connectivity index (χ1n) is 21.6. The van der Waals surface area contributed by atoms with E-state index in [0.717, 1.165) is 25.9 Å². The van der Waals surface area contributed by atoms with E-state index in [1.54, 1.807) is 18.3 Å². The number of esters is 1. The molecule has 1 amide bonds. The molecule has 2 saturated heterocycles. The number of aliphatic carboxylic acids is 1. The van der Waals surface area contributed by atoms with Crippen LogP contribution in [-0.4, -0.2) is 114 Å². The summed E-state index contributed by atoms with van der Waals surface area (Å²) in [4.78, 5) is 68.0. The summed E-state index contributed by atoms with van der Waals surface area (Å²) in [5, 5.41) is 11.1. The van der Waals surface area contributed by atoms with Crippen LogP contribution in [0.2, 0.25) is 5.02 Å². The number of ketones is 1. The average Bonchev–Trinajstić information content (AvgIpc) is 3.85. The number of fused-ring (bicyclic) bond motifs is 2. The maximum atomic E-state index is 14.8. The van der Waals surface area contributed by atoms with Gasteiger partial charge in [0.1, 0.15) is 40.9 Å². The minimum absolute atomic E-state index is 0.0350. The first-order chi connectivity index (χ1) is 28.7. The molecule has 0 radical (unpaired) electrons.